The van der Waals surface area contributed by atoms with Crippen molar-refractivity contribution in [3.63, 3.8) is 0 Å². The molecular formula is H6FeNiO3Ru. The summed E-state index contributed by atoms with van der Waals surface area (Å²) in [6.07, 6.45) is 0. The van der Waals surface area contributed by atoms with Crippen LogP contribution in [0.1, 0.15) is 0 Å². The first kappa shape index (κ1) is 139. The Labute approximate surface area is 69.3 Å². The SMILES string of the molecule is O.O.O.[Fe].[Ni].[Ru]. The molecule has 6 N–H and O–H groups in total. The van der Waals surface area contributed by atoms with Crippen LogP contribution >= 0.6 is 0 Å². The van der Waals surface area contributed by atoms with Crippen LogP contribution in [0.3, 0.4) is 0 Å². The Kier molecular flexibility index (Phi) is 2000. The van der Waals surface area contributed by atoms with Crippen molar-refractivity contribution in [2.45, 2.75) is 0 Å². The van der Waals surface area contributed by atoms with E-state index in [0.29, 0.717) is 0 Å². The fourth-order valence-electron chi connectivity index (χ4n) is 0. The van der Waals surface area contributed by atoms with Gasteiger partial charge >= 0.3 is 0 Å². The average Bonchev–Trinajstić information content (AvgIpc) is 0. The van der Waals surface area contributed by atoms with E-state index in [4.69, 9.17) is 0 Å². The number of hydrogen-bond donors (Lipinski definition) is 0. The van der Waals surface area contributed by atoms with Gasteiger partial charge in [0.05, 0.1) is 0 Å². The van der Waals surface area contributed by atoms with E-state index in [1.165, 1.54) is 0 Å². The molecule has 0 unspecified atom stereocenters. The first-order valence-electron chi connectivity index (χ1n) is 0. The zero-order chi connectivity index (χ0) is 0. The van der Waals surface area contributed by atoms with Crippen molar-refractivity contribution in [1.29, 1.82) is 0 Å². The van der Waals surface area contributed by atoms with Crippen LogP contribution in [0.5, 0.6) is 0 Å². The van der Waals surface area contributed by atoms with E-state index < -0.39 is 0 Å². The summed E-state index contributed by atoms with van der Waals surface area (Å²) in [5.74, 6) is 0. The molecule has 0 fully saturated rings. The molecule has 0 aromatic rings. The molecule has 0 aromatic heterocycles. The Morgan fingerprint density at radius 2 is 0.667 bits per heavy atom. The fourth-order valence-corrected chi connectivity index (χ4v) is 0. The van der Waals surface area contributed by atoms with Gasteiger partial charge in [0, 0.05) is 53.0 Å². The van der Waals surface area contributed by atoms with Gasteiger partial charge in [-0.3, -0.25) is 0 Å². The minimum atomic E-state index is 0. The smallest absolute Gasteiger partial charge is 0 e. The van der Waals surface area contributed by atoms with Crippen LogP contribution < -0.4 is 0 Å². The molecule has 0 heterocycles. The Morgan fingerprint density at radius 3 is 0.667 bits per heavy atom. The molecule has 0 rings (SSSR count). The van der Waals surface area contributed by atoms with Gasteiger partial charge in [-0.05, 0) is 0 Å². The molecule has 6 heteroatoms. The van der Waals surface area contributed by atoms with Crippen molar-refractivity contribution in [1.82, 2.24) is 0 Å². The quantitative estimate of drug-likeness (QED) is 0.436. The summed E-state index contributed by atoms with van der Waals surface area (Å²) in [5.41, 5.74) is 0. The third kappa shape index (κ3) is 48.9. The summed E-state index contributed by atoms with van der Waals surface area (Å²) in [5, 5.41) is 0. The van der Waals surface area contributed by atoms with Gasteiger partial charge in [0.25, 0.3) is 0 Å². The van der Waals surface area contributed by atoms with Crippen molar-refractivity contribution in [2.75, 3.05) is 0 Å². The van der Waals surface area contributed by atoms with Crippen molar-refractivity contribution < 1.29 is 69.5 Å². The van der Waals surface area contributed by atoms with E-state index >= 15 is 0 Å². The third-order valence-corrected chi connectivity index (χ3v) is 0. The van der Waals surface area contributed by atoms with E-state index in [9.17, 15) is 0 Å². The monoisotopic (exact) mass is 270 g/mol. The predicted octanol–water partition coefficient (Wildman–Crippen LogP) is -2.48. The molecule has 50 valence electrons. The number of rotatable bonds is 0. The average molecular weight is 270 g/mol. The van der Waals surface area contributed by atoms with E-state index in [1.807, 2.05) is 0 Å². The topological polar surface area (TPSA) is 94.5 Å². The molecule has 0 atom stereocenters. The van der Waals surface area contributed by atoms with Gasteiger partial charge < -0.3 is 16.4 Å². The second kappa shape index (κ2) is 86.2. The molecule has 0 aromatic carbocycles. The largest absolute Gasteiger partial charge is 0.412 e. The van der Waals surface area contributed by atoms with Crippen LogP contribution in [0.25, 0.3) is 0 Å². The van der Waals surface area contributed by atoms with Gasteiger partial charge in [-0.2, -0.15) is 0 Å². The second-order valence-corrected chi connectivity index (χ2v) is 0. The molecule has 0 bridgehead atoms. The summed E-state index contributed by atoms with van der Waals surface area (Å²) in [4.78, 5) is 0. The molecule has 0 amide bonds. The first-order chi connectivity index (χ1) is 0. The van der Waals surface area contributed by atoms with Crippen LogP contribution in [-0.4, -0.2) is 16.4 Å². The molecule has 0 radical (unpaired) electrons. The Balaban J connectivity index is 0. The predicted molar refractivity (Wildman–Crippen MR) is 10.8 cm³/mol. The van der Waals surface area contributed by atoms with Crippen LogP contribution in [-0.2, 0) is 53.0 Å². The molecule has 0 aliphatic heterocycles. The van der Waals surface area contributed by atoms with E-state index in [-0.39, 0.29) is 69.5 Å². The minimum absolute atomic E-state index is 0. The molecule has 3 nitrogen and oxygen atoms in total. The third-order valence-electron chi connectivity index (χ3n) is 0. The summed E-state index contributed by atoms with van der Waals surface area (Å²) < 4.78 is 0. The molecule has 6 heavy (non-hydrogen) atoms. The molecule has 0 spiro atoms. The van der Waals surface area contributed by atoms with Gasteiger partial charge in [0.15, 0.2) is 0 Å². The van der Waals surface area contributed by atoms with Crippen molar-refractivity contribution in [2.24, 2.45) is 0 Å². The minimum Gasteiger partial charge on any atom is -0.412 e. The van der Waals surface area contributed by atoms with Gasteiger partial charge in [-0.15, -0.1) is 0 Å². The summed E-state index contributed by atoms with van der Waals surface area (Å²) in [6.45, 7) is 0. The van der Waals surface area contributed by atoms with Gasteiger partial charge in [-0.25, -0.2) is 0 Å². The van der Waals surface area contributed by atoms with E-state index in [1.54, 1.807) is 0 Å². The molecule has 0 aliphatic rings. The normalized spacial score (nSPS) is 0. The van der Waals surface area contributed by atoms with Crippen LogP contribution in [0.2, 0.25) is 0 Å². The van der Waals surface area contributed by atoms with Crippen molar-refractivity contribution in [3.05, 3.63) is 0 Å². The van der Waals surface area contributed by atoms with Crippen LogP contribution in [0.4, 0.5) is 0 Å². The van der Waals surface area contributed by atoms with Gasteiger partial charge in [-0.1, -0.05) is 0 Å². The molecule has 0 saturated carbocycles. The molecular weight excluding hydrogens is 264 g/mol. The van der Waals surface area contributed by atoms with Crippen LogP contribution in [0.15, 0.2) is 0 Å². The van der Waals surface area contributed by atoms with E-state index in [2.05, 4.69) is 0 Å². The van der Waals surface area contributed by atoms with E-state index in [0.717, 1.165) is 0 Å². The molecule has 0 aliphatic carbocycles. The van der Waals surface area contributed by atoms with Crippen molar-refractivity contribution >= 4 is 0 Å². The summed E-state index contributed by atoms with van der Waals surface area (Å²) in [6, 6.07) is 0. The maximum Gasteiger partial charge on any atom is 0 e. The zero-order valence-electron chi connectivity index (χ0n) is 2.52. The summed E-state index contributed by atoms with van der Waals surface area (Å²) >= 11 is 0. The Morgan fingerprint density at radius 1 is 0.667 bits per heavy atom. The van der Waals surface area contributed by atoms with Gasteiger partial charge in [0.2, 0.25) is 0 Å². The maximum atomic E-state index is 0. The number of hydrogen-bond acceptors (Lipinski definition) is 0. The Bertz CT molecular complexity index is 10.8. The van der Waals surface area contributed by atoms with Crippen molar-refractivity contribution in [3.8, 4) is 0 Å². The fraction of sp³-hybridized carbons (Fsp3) is 0. The zero-order valence-corrected chi connectivity index (χ0v) is 6.35. The molecule has 0 saturated heterocycles. The Hall–Kier alpha value is 1.52. The van der Waals surface area contributed by atoms with Crippen LogP contribution in [0, 0.1) is 0 Å². The maximum absolute atomic E-state index is 0. The van der Waals surface area contributed by atoms with Gasteiger partial charge in [0.1, 0.15) is 0 Å². The first-order valence-corrected chi connectivity index (χ1v) is 0. The standard InChI is InChI=1S/Fe.Ni.3H2O.Ru/h;;3*1H2;. The summed E-state index contributed by atoms with van der Waals surface area (Å²) in [7, 11) is 0. The second-order valence-electron chi connectivity index (χ2n) is 0.